The zero-order chi connectivity index (χ0) is 22.8. The largest absolute Gasteiger partial charge is 0.277 e. The van der Waals surface area contributed by atoms with Crippen molar-refractivity contribution >= 4 is 99.1 Å². The van der Waals surface area contributed by atoms with Crippen LogP contribution < -0.4 is 0 Å². The lowest BCUT2D eigenvalue weighted by atomic mass is 10.1. The second-order valence-corrected chi connectivity index (χ2v) is 12.9. The summed E-state index contributed by atoms with van der Waals surface area (Å²) in [6, 6.07) is 4.20. The van der Waals surface area contributed by atoms with Gasteiger partial charge < -0.3 is 0 Å². The van der Waals surface area contributed by atoms with Crippen LogP contribution in [0.5, 0.6) is 0 Å². The van der Waals surface area contributed by atoms with Crippen molar-refractivity contribution in [3.8, 4) is 19.5 Å². The summed E-state index contributed by atoms with van der Waals surface area (Å²) in [5.41, 5.74) is 1.98. The Kier molecular flexibility index (Phi) is 3.86. The Morgan fingerprint density at radius 2 is 1.21 bits per heavy atom. The maximum absolute atomic E-state index is 12.6. The minimum Gasteiger partial charge on any atom is -0.277 e. The van der Waals surface area contributed by atoms with Crippen LogP contribution in [0.3, 0.4) is 0 Å². The fourth-order valence-electron chi connectivity index (χ4n) is 4.27. The molecular formula is C22H10N2O4S5. The van der Waals surface area contributed by atoms with Crippen LogP contribution in [0.4, 0.5) is 0 Å². The smallest absolute Gasteiger partial charge is 0.262 e. The highest BCUT2D eigenvalue weighted by molar-refractivity contribution is 7.46. The lowest BCUT2D eigenvalue weighted by molar-refractivity contribution is 0.0678. The molecule has 0 fully saturated rings. The summed E-state index contributed by atoms with van der Waals surface area (Å²) >= 11 is 7.80. The van der Waals surface area contributed by atoms with Crippen molar-refractivity contribution in [1.82, 2.24) is 9.80 Å². The molecule has 0 saturated heterocycles. The topological polar surface area (TPSA) is 74.8 Å². The number of rotatable bonds is 2. The monoisotopic (exact) mass is 526 g/mol. The molecular weight excluding hydrogens is 517 g/mol. The van der Waals surface area contributed by atoms with Gasteiger partial charge in [-0.15, -0.1) is 56.7 Å². The number of imide groups is 2. The Morgan fingerprint density at radius 3 is 1.79 bits per heavy atom. The van der Waals surface area contributed by atoms with Crippen molar-refractivity contribution < 1.29 is 19.2 Å². The Balaban J connectivity index is 1.35. The third kappa shape index (κ3) is 2.40. The average molecular weight is 527 g/mol. The van der Waals surface area contributed by atoms with E-state index in [2.05, 4.69) is 12.1 Å². The van der Waals surface area contributed by atoms with E-state index in [1.807, 2.05) is 0 Å². The molecule has 0 spiro atoms. The molecule has 0 aromatic carbocycles. The molecule has 7 heterocycles. The summed E-state index contributed by atoms with van der Waals surface area (Å²) in [6.45, 7) is 0. The van der Waals surface area contributed by atoms with Crippen molar-refractivity contribution in [2.45, 2.75) is 0 Å². The normalized spacial score (nSPS) is 15.7. The Hall–Kier alpha value is -2.70. The SMILES string of the molecule is CN1C(=O)c2csc(-c3cc4c(s3)sc3cc(-c5scc6c5C(=O)N(C)C6=O)sc34)c2C1=O. The van der Waals surface area contributed by atoms with Gasteiger partial charge in [-0.3, -0.25) is 29.0 Å². The molecule has 0 bridgehead atoms. The predicted octanol–water partition coefficient (Wildman–Crippen LogP) is 6.09. The standard InChI is InChI=1S/C22H10N2O4S5/c1-23-18(25)8-5-29-16(13(8)20(23)27)10-3-7-15-11(33-22(7)32-10)4-12(31-15)17-14-9(6-30-17)19(26)24(2)21(14)28/h3-6H,1-2H3. The third-order valence-electron chi connectivity index (χ3n) is 5.98. The minimum atomic E-state index is -0.248. The number of hydrogen-bond donors (Lipinski definition) is 0. The Labute approximate surface area is 205 Å². The maximum atomic E-state index is 12.6. The molecule has 0 saturated carbocycles. The van der Waals surface area contributed by atoms with E-state index in [4.69, 9.17) is 0 Å². The van der Waals surface area contributed by atoms with Crippen LogP contribution in [-0.4, -0.2) is 47.5 Å². The molecule has 7 rings (SSSR count). The van der Waals surface area contributed by atoms with Gasteiger partial charge in [0.15, 0.2) is 0 Å². The highest BCUT2D eigenvalue weighted by atomic mass is 32.2. The second-order valence-electron chi connectivity index (χ2n) is 7.76. The second kappa shape index (κ2) is 6.45. The van der Waals surface area contributed by atoms with E-state index in [1.165, 1.54) is 46.6 Å². The molecule has 11 heteroatoms. The first-order chi connectivity index (χ1) is 15.8. The fraction of sp³-hybridized carbons (Fsp3) is 0.0909. The van der Waals surface area contributed by atoms with Crippen LogP contribution >= 0.6 is 56.7 Å². The Bertz CT molecular complexity index is 1620. The minimum absolute atomic E-state index is 0.247. The lowest BCUT2D eigenvalue weighted by Crippen LogP contribution is -2.24. The Morgan fingerprint density at radius 1 is 0.667 bits per heavy atom. The average Bonchev–Trinajstić information content (AvgIpc) is 3.61. The molecule has 162 valence electrons. The van der Waals surface area contributed by atoms with E-state index in [1.54, 1.807) is 44.8 Å². The van der Waals surface area contributed by atoms with Crippen molar-refractivity contribution in [3.05, 3.63) is 45.1 Å². The first-order valence-corrected chi connectivity index (χ1v) is 13.9. The number of hydrogen-bond acceptors (Lipinski definition) is 9. The van der Waals surface area contributed by atoms with Gasteiger partial charge in [0.05, 0.1) is 40.7 Å². The fourth-order valence-corrected chi connectivity index (χ4v) is 10.6. The first kappa shape index (κ1) is 19.7. The number of fused-ring (bicyclic) bond motifs is 5. The molecule has 0 atom stereocenters. The number of nitrogens with zero attached hydrogens (tertiary/aromatic N) is 2. The van der Waals surface area contributed by atoms with Crippen LogP contribution in [0.25, 0.3) is 38.3 Å². The molecule has 5 aromatic rings. The lowest BCUT2D eigenvalue weighted by Gasteiger charge is -2.04. The molecule has 2 aliphatic heterocycles. The van der Waals surface area contributed by atoms with E-state index in [9.17, 15) is 19.2 Å². The molecule has 4 amide bonds. The molecule has 2 aliphatic rings. The van der Waals surface area contributed by atoms with Gasteiger partial charge in [0.25, 0.3) is 23.6 Å². The van der Waals surface area contributed by atoms with Crippen molar-refractivity contribution in [1.29, 1.82) is 0 Å². The van der Waals surface area contributed by atoms with Crippen molar-refractivity contribution in [2.75, 3.05) is 14.1 Å². The summed E-state index contributed by atoms with van der Waals surface area (Å²) in [7, 11) is 3.03. The number of carbonyl (C=O) groups is 4. The summed E-state index contributed by atoms with van der Waals surface area (Å²) in [4.78, 5) is 55.7. The highest BCUT2D eigenvalue weighted by Crippen LogP contribution is 2.51. The van der Waals surface area contributed by atoms with E-state index in [-0.39, 0.29) is 23.6 Å². The summed E-state index contributed by atoms with van der Waals surface area (Å²) in [6.07, 6.45) is 0. The molecule has 0 N–H and O–H groups in total. The third-order valence-corrected chi connectivity index (χ3v) is 12.0. The van der Waals surface area contributed by atoms with Gasteiger partial charge in [0.2, 0.25) is 0 Å². The molecule has 5 aromatic heterocycles. The number of carbonyl (C=O) groups excluding carboxylic acids is 4. The van der Waals surface area contributed by atoms with Crippen LogP contribution in [0, 0.1) is 0 Å². The maximum Gasteiger partial charge on any atom is 0.262 e. The van der Waals surface area contributed by atoms with E-state index in [0.29, 0.717) is 22.3 Å². The van der Waals surface area contributed by atoms with Gasteiger partial charge in [-0.05, 0) is 12.1 Å². The van der Waals surface area contributed by atoms with Crippen LogP contribution in [0.15, 0.2) is 22.9 Å². The zero-order valence-corrected chi connectivity index (χ0v) is 21.0. The summed E-state index contributed by atoms with van der Waals surface area (Å²) in [5.74, 6) is -0.991. The van der Waals surface area contributed by atoms with Crippen molar-refractivity contribution in [2.24, 2.45) is 0 Å². The van der Waals surface area contributed by atoms with E-state index < -0.39 is 0 Å². The van der Waals surface area contributed by atoms with Gasteiger partial charge in [-0.25, -0.2) is 0 Å². The quantitative estimate of drug-likeness (QED) is 0.261. The van der Waals surface area contributed by atoms with Gasteiger partial charge in [0, 0.05) is 44.7 Å². The summed E-state index contributed by atoms with van der Waals surface area (Å²) in [5, 5.41) is 4.66. The molecule has 0 unspecified atom stereocenters. The zero-order valence-electron chi connectivity index (χ0n) is 16.9. The number of amides is 4. The van der Waals surface area contributed by atoms with Crippen LogP contribution in [0.2, 0.25) is 0 Å². The van der Waals surface area contributed by atoms with Gasteiger partial charge in [-0.1, -0.05) is 0 Å². The molecule has 6 nitrogen and oxygen atoms in total. The molecule has 0 radical (unpaired) electrons. The predicted molar refractivity (Wildman–Crippen MR) is 135 cm³/mol. The van der Waals surface area contributed by atoms with Gasteiger partial charge in [-0.2, -0.15) is 0 Å². The van der Waals surface area contributed by atoms with Crippen LogP contribution in [0.1, 0.15) is 41.4 Å². The van der Waals surface area contributed by atoms with E-state index >= 15 is 0 Å². The highest BCUT2D eigenvalue weighted by Gasteiger charge is 2.38. The molecule has 0 aliphatic carbocycles. The van der Waals surface area contributed by atoms with Gasteiger partial charge in [0.1, 0.15) is 0 Å². The van der Waals surface area contributed by atoms with Crippen LogP contribution in [-0.2, 0) is 0 Å². The van der Waals surface area contributed by atoms with Gasteiger partial charge >= 0.3 is 0 Å². The molecule has 33 heavy (non-hydrogen) atoms. The van der Waals surface area contributed by atoms with Crippen molar-refractivity contribution in [3.63, 3.8) is 0 Å². The van der Waals surface area contributed by atoms with E-state index in [0.717, 1.165) is 38.3 Å². The summed E-state index contributed by atoms with van der Waals surface area (Å²) < 4.78 is 3.43. The first-order valence-electron chi connectivity index (χ1n) is 9.69. The number of thiophene rings is 5.